The van der Waals surface area contributed by atoms with Gasteiger partial charge >= 0.3 is 6.18 Å². The Hall–Kier alpha value is -3.05. The number of halogens is 3. The Bertz CT molecular complexity index is 1140. The number of nitrogens with one attached hydrogen (secondary N) is 1. The largest absolute Gasteiger partial charge is 0.390 e. The van der Waals surface area contributed by atoms with Crippen molar-refractivity contribution >= 4 is 23.2 Å². The molecule has 0 saturated carbocycles. The van der Waals surface area contributed by atoms with Gasteiger partial charge in [0.2, 0.25) is 5.95 Å². The van der Waals surface area contributed by atoms with Crippen LogP contribution < -0.4 is 5.32 Å². The third-order valence-electron chi connectivity index (χ3n) is 5.21. The lowest BCUT2D eigenvalue weighted by Crippen LogP contribution is -2.36. The van der Waals surface area contributed by atoms with E-state index in [1.54, 1.807) is 36.7 Å². The minimum Gasteiger partial charge on any atom is -0.375 e. The van der Waals surface area contributed by atoms with Gasteiger partial charge in [0.05, 0.1) is 12.1 Å². The zero-order valence-corrected chi connectivity index (χ0v) is 17.9. The zero-order valence-electron chi connectivity index (χ0n) is 17.1. The summed E-state index contributed by atoms with van der Waals surface area (Å²) in [6.45, 7) is 0.160. The quantitative estimate of drug-likeness (QED) is 0.580. The number of nitrogens with zero attached hydrogens (tertiary/aromatic N) is 4. The highest BCUT2D eigenvalue weighted by molar-refractivity contribution is 7.13. The molecule has 3 aromatic rings. The summed E-state index contributed by atoms with van der Waals surface area (Å²) in [5.41, 5.74) is 0.729. The summed E-state index contributed by atoms with van der Waals surface area (Å²) in [6, 6.07) is 8.70. The molecule has 1 fully saturated rings. The average Bonchev–Trinajstić information content (AvgIpc) is 3.35. The number of benzene rings is 1. The summed E-state index contributed by atoms with van der Waals surface area (Å²) in [4.78, 5) is 26.7. The standard InChI is InChI=1S/C21H20F3N5O2S/c1-29-10-7-20(31,18(29)30)14-4-2-3-13(11-14)17-27-16(12-32-17)15-5-8-25-19(28-15)26-9-6-21(22,23)24/h2-5,8,11-12,31H,6-7,9-10H2,1H3,(H,25,26,28). The molecule has 2 aromatic heterocycles. The first-order valence-electron chi connectivity index (χ1n) is 9.84. The van der Waals surface area contributed by atoms with Crippen molar-refractivity contribution in [3.8, 4) is 22.0 Å². The number of aromatic nitrogens is 3. The van der Waals surface area contributed by atoms with E-state index in [4.69, 9.17) is 0 Å². The summed E-state index contributed by atoms with van der Waals surface area (Å²) >= 11 is 1.36. The number of likely N-dealkylation sites (N-methyl/N-ethyl adjacent to an activating group) is 1. The third-order valence-corrected chi connectivity index (χ3v) is 6.10. The van der Waals surface area contributed by atoms with E-state index in [1.807, 2.05) is 6.07 Å². The molecule has 3 heterocycles. The highest BCUT2D eigenvalue weighted by Crippen LogP contribution is 2.36. The van der Waals surface area contributed by atoms with Gasteiger partial charge in [-0.25, -0.2) is 15.0 Å². The first-order chi connectivity index (χ1) is 15.2. The molecule has 0 bridgehead atoms. The molecule has 168 valence electrons. The topological polar surface area (TPSA) is 91.2 Å². The predicted octanol–water partition coefficient (Wildman–Crippen LogP) is 3.68. The molecule has 1 amide bonds. The Morgan fingerprint density at radius 3 is 2.78 bits per heavy atom. The van der Waals surface area contributed by atoms with Crippen molar-refractivity contribution in [2.45, 2.75) is 24.6 Å². The fraction of sp³-hybridized carbons (Fsp3) is 0.333. The summed E-state index contributed by atoms with van der Waals surface area (Å²) in [6.07, 6.45) is -3.47. The second kappa shape index (κ2) is 8.47. The Balaban J connectivity index is 1.54. The van der Waals surface area contributed by atoms with Crippen molar-refractivity contribution in [2.75, 3.05) is 25.5 Å². The molecule has 2 N–H and O–H groups in total. The Labute approximate surface area is 186 Å². The van der Waals surface area contributed by atoms with Gasteiger partial charge in [-0.2, -0.15) is 13.2 Å². The van der Waals surface area contributed by atoms with Gasteiger partial charge in [0.1, 0.15) is 10.7 Å². The first-order valence-corrected chi connectivity index (χ1v) is 10.7. The number of carbonyl (C=O) groups excluding carboxylic acids is 1. The molecule has 11 heteroatoms. The number of amides is 1. The highest BCUT2D eigenvalue weighted by Gasteiger charge is 2.45. The van der Waals surface area contributed by atoms with Crippen LogP contribution >= 0.6 is 11.3 Å². The van der Waals surface area contributed by atoms with E-state index in [1.165, 1.54) is 22.4 Å². The van der Waals surface area contributed by atoms with Gasteiger partial charge in [-0.1, -0.05) is 18.2 Å². The molecular weight excluding hydrogens is 443 g/mol. The monoisotopic (exact) mass is 463 g/mol. The number of anilines is 1. The fourth-order valence-corrected chi connectivity index (χ4v) is 4.27. The molecule has 0 radical (unpaired) electrons. The number of hydrogen-bond acceptors (Lipinski definition) is 7. The number of thiazole rings is 1. The summed E-state index contributed by atoms with van der Waals surface area (Å²) in [5, 5.41) is 15.9. The van der Waals surface area contributed by atoms with Crippen molar-refractivity contribution in [1.29, 1.82) is 0 Å². The number of aliphatic hydroxyl groups is 1. The van der Waals surface area contributed by atoms with Gasteiger partial charge in [-0.05, 0) is 17.7 Å². The van der Waals surface area contributed by atoms with Gasteiger partial charge in [0, 0.05) is 43.7 Å². The van der Waals surface area contributed by atoms with E-state index < -0.39 is 18.2 Å². The molecule has 1 aliphatic heterocycles. The van der Waals surface area contributed by atoms with E-state index in [0.717, 1.165) is 5.56 Å². The minimum atomic E-state index is -4.26. The fourth-order valence-electron chi connectivity index (χ4n) is 3.46. The van der Waals surface area contributed by atoms with E-state index in [0.29, 0.717) is 34.9 Å². The maximum Gasteiger partial charge on any atom is 0.390 e. The number of hydrogen-bond donors (Lipinski definition) is 2. The van der Waals surface area contributed by atoms with Gasteiger partial charge < -0.3 is 15.3 Å². The SMILES string of the molecule is CN1CCC(O)(c2cccc(-c3nc(-c4ccnc(NCCC(F)(F)F)n4)cs3)c2)C1=O. The molecular formula is C21H20F3N5O2S. The van der Waals surface area contributed by atoms with Crippen molar-refractivity contribution in [3.63, 3.8) is 0 Å². The van der Waals surface area contributed by atoms with Gasteiger partial charge in [-0.3, -0.25) is 4.79 Å². The highest BCUT2D eigenvalue weighted by atomic mass is 32.1. The smallest absolute Gasteiger partial charge is 0.375 e. The van der Waals surface area contributed by atoms with Crippen LogP contribution in [0.2, 0.25) is 0 Å². The van der Waals surface area contributed by atoms with Crippen LogP contribution in [-0.4, -0.2) is 57.2 Å². The van der Waals surface area contributed by atoms with Crippen LogP contribution in [0.4, 0.5) is 19.1 Å². The summed E-state index contributed by atoms with van der Waals surface area (Å²) < 4.78 is 37.0. The molecule has 1 saturated heterocycles. The molecule has 1 unspecified atom stereocenters. The van der Waals surface area contributed by atoms with E-state index >= 15 is 0 Å². The maximum absolute atomic E-state index is 12.4. The summed E-state index contributed by atoms with van der Waals surface area (Å²) in [7, 11) is 1.66. The average molecular weight is 463 g/mol. The second-order valence-corrected chi connectivity index (χ2v) is 8.37. The first kappa shape index (κ1) is 22.2. The minimum absolute atomic E-state index is 0.0920. The number of rotatable bonds is 6. The molecule has 1 atom stereocenters. The Morgan fingerprint density at radius 1 is 1.25 bits per heavy atom. The van der Waals surface area contributed by atoms with Crippen molar-refractivity contribution < 1.29 is 23.1 Å². The Kier molecular flexibility index (Phi) is 5.87. The van der Waals surface area contributed by atoms with Crippen LogP contribution in [0, 0.1) is 0 Å². The van der Waals surface area contributed by atoms with E-state index in [-0.39, 0.29) is 18.4 Å². The van der Waals surface area contributed by atoms with E-state index in [9.17, 15) is 23.1 Å². The molecule has 1 aliphatic rings. The normalized spacial score (nSPS) is 18.9. The van der Waals surface area contributed by atoms with Crippen molar-refractivity contribution in [2.24, 2.45) is 0 Å². The van der Waals surface area contributed by atoms with Crippen LogP contribution in [-0.2, 0) is 10.4 Å². The lowest BCUT2D eigenvalue weighted by molar-refractivity contribution is -0.143. The third kappa shape index (κ3) is 4.58. The van der Waals surface area contributed by atoms with Crippen LogP contribution in [0.1, 0.15) is 18.4 Å². The van der Waals surface area contributed by atoms with Crippen LogP contribution in [0.5, 0.6) is 0 Å². The molecule has 0 aliphatic carbocycles. The molecule has 4 rings (SSSR count). The molecule has 1 aromatic carbocycles. The van der Waals surface area contributed by atoms with Gasteiger partial charge in [0.25, 0.3) is 5.91 Å². The van der Waals surface area contributed by atoms with Crippen LogP contribution in [0.25, 0.3) is 22.0 Å². The van der Waals surface area contributed by atoms with Gasteiger partial charge in [-0.15, -0.1) is 11.3 Å². The van der Waals surface area contributed by atoms with Gasteiger partial charge in [0.15, 0.2) is 5.60 Å². The summed E-state index contributed by atoms with van der Waals surface area (Å²) in [5.74, 6) is -0.240. The Morgan fingerprint density at radius 2 is 2.06 bits per heavy atom. The van der Waals surface area contributed by atoms with E-state index in [2.05, 4.69) is 20.3 Å². The molecule has 32 heavy (non-hydrogen) atoms. The van der Waals surface area contributed by atoms with Crippen LogP contribution in [0.15, 0.2) is 41.9 Å². The lowest BCUT2D eigenvalue weighted by Gasteiger charge is -2.21. The van der Waals surface area contributed by atoms with Crippen molar-refractivity contribution in [1.82, 2.24) is 19.9 Å². The van der Waals surface area contributed by atoms with Crippen LogP contribution in [0.3, 0.4) is 0 Å². The zero-order chi connectivity index (χ0) is 22.9. The molecule has 7 nitrogen and oxygen atoms in total. The van der Waals surface area contributed by atoms with Crippen molar-refractivity contribution in [3.05, 3.63) is 47.5 Å². The number of likely N-dealkylation sites (tertiary alicyclic amines) is 1. The molecule has 0 spiro atoms. The predicted molar refractivity (Wildman–Crippen MR) is 114 cm³/mol. The second-order valence-electron chi connectivity index (χ2n) is 7.51. The lowest BCUT2D eigenvalue weighted by atomic mass is 9.91. The maximum atomic E-state index is 12.4. The number of carbonyl (C=O) groups is 1. The number of alkyl halides is 3.